The predicted octanol–water partition coefficient (Wildman–Crippen LogP) is 3.73. The number of likely N-dealkylation sites (tertiary alicyclic amines) is 1. The number of rotatable bonds is 7. The monoisotopic (exact) mass is 401 g/mol. The lowest BCUT2D eigenvalue weighted by Crippen LogP contribution is -2.63. The summed E-state index contributed by atoms with van der Waals surface area (Å²) in [6.07, 6.45) is 1.81. The molecule has 2 heterocycles. The topological polar surface area (TPSA) is 38.8 Å². The molecule has 29 heavy (non-hydrogen) atoms. The van der Waals surface area contributed by atoms with Crippen LogP contribution in [0.4, 0.5) is 8.78 Å². The number of hydrogen-bond acceptors (Lipinski definition) is 3. The summed E-state index contributed by atoms with van der Waals surface area (Å²) in [5, 5.41) is 0. The molecule has 1 spiro atoms. The first-order chi connectivity index (χ1) is 14.0. The van der Waals surface area contributed by atoms with Crippen LogP contribution in [-0.2, 0) is 27.3 Å². The Bertz CT molecular complexity index is 867. The molecule has 2 aromatic rings. The van der Waals surface area contributed by atoms with Crippen LogP contribution in [0, 0.1) is 17.6 Å². The van der Waals surface area contributed by atoms with Crippen LogP contribution in [0.5, 0.6) is 0 Å². The number of carbonyl (C=O) groups excluding carboxylic acids is 1. The Morgan fingerprint density at radius 1 is 1.07 bits per heavy atom. The van der Waals surface area contributed by atoms with Crippen LogP contribution in [-0.4, -0.2) is 42.7 Å². The fraction of sp³-hybridized carbons (Fsp3) is 0.435. The molecule has 2 fully saturated rings. The quantitative estimate of drug-likeness (QED) is 0.664. The second kappa shape index (κ2) is 8.59. The van der Waals surface area contributed by atoms with Gasteiger partial charge in [-0.25, -0.2) is 8.78 Å². The summed E-state index contributed by atoms with van der Waals surface area (Å²) in [7, 11) is 0. The van der Waals surface area contributed by atoms with E-state index in [2.05, 4.69) is 0 Å². The predicted molar refractivity (Wildman–Crippen MR) is 104 cm³/mol. The van der Waals surface area contributed by atoms with E-state index in [1.807, 2.05) is 0 Å². The normalized spacial score (nSPS) is 20.1. The minimum Gasteiger partial charge on any atom is -0.377 e. The van der Waals surface area contributed by atoms with Gasteiger partial charge in [0.05, 0.1) is 32.7 Å². The fourth-order valence-corrected chi connectivity index (χ4v) is 4.13. The van der Waals surface area contributed by atoms with Crippen molar-refractivity contribution in [2.24, 2.45) is 5.92 Å². The Morgan fingerprint density at radius 2 is 1.72 bits per heavy atom. The third kappa shape index (κ3) is 4.65. The summed E-state index contributed by atoms with van der Waals surface area (Å²) in [5.74, 6) is -0.283. The number of amides is 1. The molecule has 6 heteroatoms. The van der Waals surface area contributed by atoms with Crippen molar-refractivity contribution in [3.8, 4) is 0 Å². The van der Waals surface area contributed by atoms with Crippen LogP contribution in [0.1, 0.15) is 24.0 Å². The maximum atomic E-state index is 13.7. The van der Waals surface area contributed by atoms with Gasteiger partial charge < -0.3 is 14.4 Å². The number of ether oxygens (including phenoxy) is 2. The molecular weight excluding hydrogens is 376 g/mol. The molecule has 0 saturated carbocycles. The first-order valence-corrected chi connectivity index (χ1v) is 10.0. The highest BCUT2D eigenvalue weighted by atomic mass is 19.1. The number of benzene rings is 2. The zero-order valence-electron chi connectivity index (χ0n) is 16.3. The number of nitrogens with zero attached hydrogens (tertiary/aromatic N) is 1. The van der Waals surface area contributed by atoms with Gasteiger partial charge in [0.2, 0.25) is 5.91 Å². The van der Waals surface area contributed by atoms with Crippen LogP contribution in [0.3, 0.4) is 0 Å². The standard InChI is InChI=1S/C23H25F2NO3/c24-20-7-3-1-5-18(20)11-22(27)26-15-23(16-26)12-17(13-29-23)9-10-28-14-19-6-2-4-8-21(19)25/h1-8,17H,9-16H2. The molecule has 0 radical (unpaired) electrons. The van der Waals surface area contributed by atoms with Crippen LogP contribution >= 0.6 is 0 Å². The van der Waals surface area contributed by atoms with Gasteiger partial charge in [0.25, 0.3) is 0 Å². The van der Waals surface area contributed by atoms with Crippen LogP contribution in [0.25, 0.3) is 0 Å². The van der Waals surface area contributed by atoms with Crippen LogP contribution in [0.15, 0.2) is 48.5 Å². The minimum absolute atomic E-state index is 0.0685. The van der Waals surface area contributed by atoms with Gasteiger partial charge in [0.1, 0.15) is 17.2 Å². The molecule has 0 N–H and O–H groups in total. The molecule has 2 aliphatic heterocycles. The van der Waals surface area contributed by atoms with Crippen LogP contribution < -0.4 is 0 Å². The molecule has 4 rings (SSSR count). The van der Waals surface area contributed by atoms with E-state index < -0.39 is 0 Å². The van der Waals surface area contributed by atoms with Gasteiger partial charge in [-0.1, -0.05) is 36.4 Å². The summed E-state index contributed by atoms with van der Waals surface area (Å²) in [5.41, 5.74) is 0.728. The molecule has 154 valence electrons. The van der Waals surface area contributed by atoms with Crippen molar-refractivity contribution >= 4 is 5.91 Å². The molecule has 2 aromatic carbocycles. The van der Waals surface area contributed by atoms with Crippen molar-refractivity contribution in [1.82, 2.24) is 4.90 Å². The maximum Gasteiger partial charge on any atom is 0.227 e. The molecule has 1 amide bonds. The number of hydrogen-bond donors (Lipinski definition) is 0. The van der Waals surface area contributed by atoms with Crippen LogP contribution in [0.2, 0.25) is 0 Å². The third-order valence-electron chi connectivity index (χ3n) is 5.78. The molecule has 0 aromatic heterocycles. The first-order valence-electron chi connectivity index (χ1n) is 10.0. The summed E-state index contributed by atoms with van der Waals surface area (Å²) in [6, 6.07) is 13.0. The molecule has 1 atom stereocenters. The van der Waals surface area contributed by atoms with Crippen molar-refractivity contribution in [2.75, 3.05) is 26.3 Å². The third-order valence-corrected chi connectivity index (χ3v) is 5.78. The van der Waals surface area contributed by atoms with Crippen molar-refractivity contribution < 1.29 is 23.0 Å². The number of carbonyl (C=O) groups is 1. The Morgan fingerprint density at radius 3 is 2.41 bits per heavy atom. The Labute approximate surface area is 169 Å². The van der Waals surface area contributed by atoms with Crippen molar-refractivity contribution in [3.63, 3.8) is 0 Å². The molecule has 0 aliphatic carbocycles. The van der Waals surface area contributed by atoms with E-state index in [1.165, 1.54) is 12.1 Å². The Hall–Kier alpha value is -2.31. The lowest BCUT2D eigenvalue weighted by Gasteiger charge is -2.47. The molecule has 2 saturated heterocycles. The fourth-order valence-electron chi connectivity index (χ4n) is 4.13. The Kier molecular flexibility index (Phi) is 5.92. The largest absolute Gasteiger partial charge is 0.377 e. The van der Waals surface area contributed by atoms with E-state index in [4.69, 9.17) is 9.47 Å². The highest BCUT2D eigenvalue weighted by Gasteiger charge is 2.50. The lowest BCUT2D eigenvalue weighted by molar-refractivity contribution is -0.157. The van der Waals surface area contributed by atoms with Gasteiger partial charge in [0.15, 0.2) is 0 Å². The van der Waals surface area contributed by atoms with Crippen molar-refractivity contribution in [2.45, 2.75) is 31.5 Å². The van der Waals surface area contributed by atoms with Gasteiger partial charge in [0, 0.05) is 12.2 Å². The zero-order valence-corrected chi connectivity index (χ0v) is 16.3. The minimum atomic E-state index is -0.344. The summed E-state index contributed by atoms with van der Waals surface area (Å²) in [6.45, 7) is 2.59. The van der Waals surface area contributed by atoms with Gasteiger partial charge >= 0.3 is 0 Å². The lowest BCUT2D eigenvalue weighted by atomic mass is 9.85. The summed E-state index contributed by atoms with van der Waals surface area (Å²) in [4.78, 5) is 14.1. The second-order valence-electron chi connectivity index (χ2n) is 8.01. The van der Waals surface area contributed by atoms with Gasteiger partial charge in [-0.15, -0.1) is 0 Å². The van der Waals surface area contributed by atoms with E-state index in [0.29, 0.717) is 43.3 Å². The maximum absolute atomic E-state index is 13.7. The number of halogens is 2. The SMILES string of the molecule is O=C(Cc1ccccc1F)N1CC2(CC(CCOCc3ccccc3F)CO2)C1. The average molecular weight is 401 g/mol. The van der Waals surface area contributed by atoms with E-state index in [1.54, 1.807) is 41.3 Å². The first kappa shape index (κ1) is 20.0. The smallest absolute Gasteiger partial charge is 0.227 e. The average Bonchev–Trinajstić information content (AvgIpc) is 3.12. The Balaban J connectivity index is 1.17. The molecule has 0 bridgehead atoms. The van der Waals surface area contributed by atoms with Crippen molar-refractivity contribution in [3.05, 3.63) is 71.3 Å². The molecule has 2 aliphatic rings. The van der Waals surface area contributed by atoms with Crippen molar-refractivity contribution in [1.29, 1.82) is 0 Å². The summed E-state index contributed by atoms with van der Waals surface area (Å²) < 4.78 is 38.9. The van der Waals surface area contributed by atoms with E-state index in [9.17, 15) is 13.6 Å². The highest BCUT2D eigenvalue weighted by Crippen LogP contribution is 2.39. The zero-order chi connectivity index (χ0) is 20.3. The molecular formula is C23H25F2NO3. The highest BCUT2D eigenvalue weighted by molar-refractivity contribution is 5.80. The second-order valence-corrected chi connectivity index (χ2v) is 8.01. The molecule has 1 unspecified atom stereocenters. The van der Waals surface area contributed by atoms with Gasteiger partial charge in [-0.05, 0) is 36.5 Å². The van der Waals surface area contributed by atoms with E-state index in [0.717, 1.165) is 12.8 Å². The van der Waals surface area contributed by atoms with Gasteiger partial charge in [-0.3, -0.25) is 4.79 Å². The van der Waals surface area contributed by atoms with Gasteiger partial charge in [-0.2, -0.15) is 0 Å². The molecule has 4 nitrogen and oxygen atoms in total. The van der Waals surface area contributed by atoms with E-state index in [-0.39, 0.29) is 36.2 Å². The van der Waals surface area contributed by atoms with E-state index >= 15 is 0 Å². The summed E-state index contributed by atoms with van der Waals surface area (Å²) >= 11 is 0.